The van der Waals surface area contributed by atoms with Crippen molar-refractivity contribution in [2.24, 2.45) is 5.41 Å². The van der Waals surface area contributed by atoms with Gasteiger partial charge in [0.1, 0.15) is 28.5 Å². The second kappa shape index (κ2) is 17.6. The van der Waals surface area contributed by atoms with E-state index in [1.54, 1.807) is 24.4 Å². The fourth-order valence-corrected chi connectivity index (χ4v) is 9.58. The molecule has 62 heavy (non-hydrogen) atoms. The van der Waals surface area contributed by atoms with Gasteiger partial charge in [-0.1, -0.05) is 55.3 Å². The molecule has 3 aromatic carbocycles. The maximum absolute atomic E-state index is 15.3. The van der Waals surface area contributed by atoms with Crippen LogP contribution in [0, 0.1) is 15.5 Å². The van der Waals surface area contributed by atoms with Crippen molar-refractivity contribution in [3.8, 4) is 11.5 Å². The average Bonchev–Trinajstić information content (AvgIpc) is 3.72. The number of nitro groups is 1. The van der Waals surface area contributed by atoms with Crippen molar-refractivity contribution >= 4 is 61.1 Å². The summed E-state index contributed by atoms with van der Waals surface area (Å²) in [6.45, 7) is 7.80. The Morgan fingerprint density at radius 3 is 2.53 bits per heavy atom. The molecule has 0 radical (unpaired) electrons. The van der Waals surface area contributed by atoms with Crippen LogP contribution in [0.3, 0.4) is 0 Å². The number of pyridine rings is 1. The van der Waals surface area contributed by atoms with Gasteiger partial charge in [-0.15, -0.1) is 0 Å². The van der Waals surface area contributed by atoms with Crippen molar-refractivity contribution in [3.05, 3.63) is 129 Å². The van der Waals surface area contributed by atoms with Gasteiger partial charge in [0.25, 0.3) is 21.6 Å². The van der Waals surface area contributed by atoms with Gasteiger partial charge < -0.3 is 20.4 Å². The number of ether oxygens (including phenoxy) is 1. The molecule has 0 atom stereocenters. The van der Waals surface area contributed by atoms with E-state index >= 15 is 4.39 Å². The van der Waals surface area contributed by atoms with Crippen molar-refractivity contribution in [2.75, 3.05) is 44.6 Å². The average molecular weight is 882 g/mol. The standard InChI is InChI=1S/C46H49ClFN7O6S/c1-45(2)15-11-34(39(26-45)31-3-6-35(47)7-4-31)28-54-21-13-30(14-22-54)32-5-9-38(42(24-32)61-36-23-33-12-18-50-43(33)51-27-36)44(56)53-62(59,60)37-8-10-40(41(25-37)55(57)58)52-29-46(48)16-19-49-20-17-46/h3-10,12-13,18,23-25,27,49,52H,11,14-17,19-22,26,28-29H2,1-2H3,(H,50,51)(H,53,56). The van der Waals surface area contributed by atoms with E-state index in [1.807, 2.05) is 18.2 Å². The Labute approximate surface area is 365 Å². The van der Waals surface area contributed by atoms with Gasteiger partial charge in [-0.05, 0) is 128 Å². The van der Waals surface area contributed by atoms with Crippen LogP contribution in [0.1, 0.15) is 73.9 Å². The number of aromatic amines is 1. The number of nitro benzene ring substituents is 1. The van der Waals surface area contributed by atoms with Gasteiger partial charge in [0, 0.05) is 48.9 Å². The Bertz CT molecular complexity index is 2690. The van der Waals surface area contributed by atoms with Gasteiger partial charge in [0.05, 0.1) is 21.6 Å². The smallest absolute Gasteiger partial charge is 0.293 e. The number of fused-ring (bicyclic) bond motifs is 1. The summed E-state index contributed by atoms with van der Waals surface area (Å²) in [5.74, 6) is -0.573. The number of aromatic nitrogens is 2. The maximum atomic E-state index is 15.3. The lowest BCUT2D eigenvalue weighted by molar-refractivity contribution is -0.384. The van der Waals surface area contributed by atoms with Gasteiger partial charge in [0.15, 0.2) is 0 Å². The van der Waals surface area contributed by atoms with E-state index in [0.717, 1.165) is 72.5 Å². The zero-order valence-electron chi connectivity index (χ0n) is 34.6. The molecule has 5 aromatic rings. The van der Waals surface area contributed by atoms with Gasteiger partial charge in [-0.25, -0.2) is 22.5 Å². The lowest BCUT2D eigenvalue weighted by Gasteiger charge is -2.36. The highest BCUT2D eigenvalue weighted by Gasteiger charge is 2.33. The molecular formula is C46H49ClFN7O6S. The Hall–Kier alpha value is -5.61. The second-order valence-electron chi connectivity index (χ2n) is 17.2. The number of amides is 1. The molecule has 0 bridgehead atoms. The third-order valence-electron chi connectivity index (χ3n) is 12.1. The first-order valence-corrected chi connectivity index (χ1v) is 22.6. The van der Waals surface area contributed by atoms with E-state index in [0.29, 0.717) is 31.0 Å². The fraction of sp³-hybridized carbons (Fsp3) is 0.348. The van der Waals surface area contributed by atoms with E-state index in [2.05, 4.69) is 62.3 Å². The number of H-pyrrole nitrogens is 1. The van der Waals surface area contributed by atoms with Crippen molar-refractivity contribution in [3.63, 3.8) is 0 Å². The Morgan fingerprint density at radius 2 is 1.79 bits per heavy atom. The third kappa shape index (κ3) is 9.86. The number of alkyl halides is 1. The van der Waals surface area contributed by atoms with Gasteiger partial charge >= 0.3 is 0 Å². The number of carbonyl (C=O) groups is 1. The van der Waals surface area contributed by atoms with E-state index < -0.39 is 37.1 Å². The number of rotatable bonds is 13. The lowest BCUT2D eigenvalue weighted by Crippen LogP contribution is -2.43. The van der Waals surface area contributed by atoms with E-state index in [4.69, 9.17) is 16.3 Å². The number of nitrogens with zero attached hydrogens (tertiary/aromatic N) is 3. The molecule has 0 unspecified atom stereocenters. The monoisotopic (exact) mass is 881 g/mol. The first kappa shape index (κ1) is 43.1. The van der Waals surface area contributed by atoms with Crippen LogP contribution in [0.2, 0.25) is 5.02 Å². The largest absolute Gasteiger partial charge is 0.455 e. The Balaban J connectivity index is 1.03. The lowest BCUT2D eigenvalue weighted by atomic mass is 9.72. The molecule has 4 heterocycles. The van der Waals surface area contributed by atoms with Crippen LogP contribution in [-0.4, -0.2) is 79.1 Å². The first-order valence-electron chi connectivity index (χ1n) is 20.8. The normalized spacial score (nSPS) is 18.0. The Morgan fingerprint density at radius 1 is 1.02 bits per heavy atom. The summed E-state index contributed by atoms with van der Waals surface area (Å²) in [6, 6.07) is 19.9. The third-order valence-corrected chi connectivity index (χ3v) is 13.7. The number of piperidine rings is 1. The topological polar surface area (TPSA) is 172 Å². The number of hydrogen-bond acceptors (Lipinski definition) is 10. The van der Waals surface area contributed by atoms with Gasteiger partial charge in [-0.2, -0.15) is 0 Å². The number of nitrogens with one attached hydrogen (secondary N) is 4. The molecule has 324 valence electrons. The zero-order chi connectivity index (χ0) is 43.6. The molecule has 2 aliphatic heterocycles. The quantitative estimate of drug-likeness (QED) is 0.0660. The van der Waals surface area contributed by atoms with E-state index in [1.165, 1.54) is 35.0 Å². The summed E-state index contributed by atoms with van der Waals surface area (Å²) in [6.07, 6.45) is 9.78. The van der Waals surface area contributed by atoms with Crippen LogP contribution in [0.5, 0.6) is 11.5 Å². The molecular weight excluding hydrogens is 833 g/mol. The molecule has 1 fully saturated rings. The molecule has 2 aromatic heterocycles. The molecule has 1 aliphatic carbocycles. The summed E-state index contributed by atoms with van der Waals surface area (Å²) < 4.78 is 51.0. The molecule has 16 heteroatoms. The van der Waals surface area contributed by atoms with Crippen LogP contribution in [0.4, 0.5) is 15.8 Å². The predicted octanol–water partition coefficient (Wildman–Crippen LogP) is 9.29. The van der Waals surface area contributed by atoms with Crippen LogP contribution in [0.15, 0.2) is 102 Å². The maximum Gasteiger partial charge on any atom is 0.293 e. The van der Waals surface area contributed by atoms with E-state index in [9.17, 15) is 23.3 Å². The Kier molecular flexibility index (Phi) is 12.2. The summed E-state index contributed by atoms with van der Waals surface area (Å²) in [4.78, 5) is 34.6. The van der Waals surface area contributed by atoms with Crippen molar-refractivity contribution in [2.45, 2.75) is 62.9 Å². The molecule has 1 saturated heterocycles. The number of allylic oxidation sites excluding steroid dienone is 1. The minimum Gasteiger partial charge on any atom is -0.455 e. The number of carbonyl (C=O) groups excluding carboxylic acids is 1. The number of sulfonamides is 1. The molecule has 0 saturated carbocycles. The fourth-order valence-electron chi connectivity index (χ4n) is 8.47. The van der Waals surface area contributed by atoms with Crippen LogP contribution < -0.4 is 20.1 Å². The number of anilines is 1. The molecule has 3 aliphatic rings. The highest BCUT2D eigenvalue weighted by atomic mass is 35.5. The number of hydrogen-bond donors (Lipinski definition) is 4. The molecule has 13 nitrogen and oxygen atoms in total. The summed E-state index contributed by atoms with van der Waals surface area (Å²) >= 11 is 6.23. The molecule has 8 rings (SSSR count). The molecule has 4 N–H and O–H groups in total. The van der Waals surface area contributed by atoms with Gasteiger partial charge in [0.2, 0.25) is 0 Å². The van der Waals surface area contributed by atoms with Crippen molar-refractivity contribution in [1.82, 2.24) is 24.9 Å². The minimum absolute atomic E-state index is 0.0342. The zero-order valence-corrected chi connectivity index (χ0v) is 36.2. The van der Waals surface area contributed by atoms with Crippen molar-refractivity contribution < 1.29 is 27.3 Å². The van der Waals surface area contributed by atoms with Crippen molar-refractivity contribution in [1.29, 1.82) is 0 Å². The van der Waals surface area contributed by atoms with Crippen LogP contribution in [0.25, 0.3) is 22.2 Å². The molecule has 0 spiro atoms. The number of halogens is 2. The summed E-state index contributed by atoms with van der Waals surface area (Å²) in [5.41, 5.74) is 4.53. The highest BCUT2D eigenvalue weighted by Crippen LogP contribution is 2.44. The first-order chi connectivity index (χ1) is 29.6. The predicted molar refractivity (Wildman–Crippen MR) is 240 cm³/mol. The summed E-state index contributed by atoms with van der Waals surface area (Å²) in [5, 5.41) is 19.4. The summed E-state index contributed by atoms with van der Waals surface area (Å²) in [7, 11) is -4.63. The van der Waals surface area contributed by atoms with Gasteiger partial charge in [-0.3, -0.25) is 19.8 Å². The minimum atomic E-state index is -4.63. The molecule has 1 amide bonds. The van der Waals surface area contributed by atoms with Crippen LogP contribution >= 0.6 is 11.6 Å². The highest BCUT2D eigenvalue weighted by molar-refractivity contribution is 7.90. The SMILES string of the molecule is CC1(C)CCC(CN2CC=C(c3ccc(C(=O)NS(=O)(=O)c4ccc(NCC5(F)CCNCC5)c([N+](=O)[O-])c4)c(Oc4cnc5[nH]ccc5c4)c3)CC2)=C(c2ccc(Cl)cc2)C1. The van der Waals surface area contributed by atoms with E-state index in [-0.39, 0.29) is 41.8 Å². The second-order valence-corrected chi connectivity index (χ2v) is 19.3. The number of benzene rings is 3. The van der Waals surface area contributed by atoms with Crippen LogP contribution in [-0.2, 0) is 10.0 Å².